The number of nitrogens with zero attached hydrogens (tertiary/aromatic N) is 2. The van der Waals surface area contributed by atoms with Crippen molar-refractivity contribution in [2.45, 2.75) is 38.5 Å². The molecular formula is C25H29N3O4. The molecule has 1 aliphatic heterocycles. The normalized spacial score (nSPS) is 14.5. The number of carbonyl (C=O) groups is 2. The van der Waals surface area contributed by atoms with E-state index in [4.69, 9.17) is 9.15 Å². The number of piperidine rings is 1. The van der Waals surface area contributed by atoms with Crippen LogP contribution >= 0.6 is 0 Å². The third-order valence-electron chi connectivity index (χ3n) is 5.79. The molecule has 1 fully saturated rings. The van der Waals surface area contributed by atoms with Crippen molar-refractivity contribution in [3.8, 4) is 5.75 Å². The zero-order chi connectivity index (χ0) is 22.3. The average Bonchev–Trinajstić information content (AvgIpc) is 3.27. The molecule has 0 saturated carbocycles. The fraction of sp³-hybridized carbons (Fsp3) is 0.400. The Labute approximate surface area is 187 Å². The van der Waals surface area contributed by atoms with Crippen LogP contribution in [0, 0.1) is 0 Å². The number of hydrogen-bond donors (Lipinski definition) is 1. The number of ether oxygens (including phenoxy) is 1. The van der Waals surface area contributed by atoms with E-state index in [0.29, 0.717) is 25.3 Å². The molecule has 0 radical (unpaired) electrons. The summed E-state index contributed by atoms with van der Waals surface area (Å²) in [5, 5.41) is 2.73. The molecule has 0 unspecified atom stereocenters. The van der Waals surface area contributed by atoms with Crippen molar-refractivity contribution in [1.82, 2.24) is 15.2 Å². The molecule has 0 spiro atoms. The Hall–Kier alpha value is -3.35. The molecule has 1 N–H and O–H groups in total. The molecule has 0 atom stereocenters. The highest BCUT2D eigenvalue weighted by molar-refractivity contribution is 5.96. The molecule has 1 aliphatic rings. The lowest BCUT2D eigenvalue weighted by atomic mass is 9.97. The first-order valence-electron chi connectivity index (χ1n) is 11.3. The van der Waals surface area contributed by atoms with Crippen molar-refractivity contribution in [3.05, 3.63) is 60.0 Å². The number of amides is 2. The Balaban J connectivity index is 1.23. The van der Waals surface area contributed by atoms with Crippen LogP contribution in [-0.4, -0.2) is 47.9 Å². The van der Waals surface area contributed by atoms with Gasteiger partial charge in [0.25, 0.3) is 5.91 Å². The van der Waals surface area contributed by atoms with Gasteiger partial charge in [0.1, 0.15) is 11.3 Å². The van der Waals surface area contributed by atoms with Gasteiger partial charge in [-0.3, -0.25) is 9.59 Å². The topological polar surface area (TPSA) is 84.7 Å². The molecule has 168 valence electrons. The Bertz CT molecular complexity index is 1020. The van der Waals surface area contributed by atoms with Crippen LogP contribution in [0.5, 0.6) is 5.75 Å². The zero-order valence-electron chi connectivity index (χ0n) is 18.4. The highest BCUT2D eigenvalue weighted by atomic mass is 16.5. The summed E-state index contributed by atoms with van der Waals surface area (Å²) in [6, 6.07) is 14.7. The smallest absolute Gasteiger partial charge is 0.251 e. The predicted octanol–water partition coefficient (Wildman–Crippen LogP) is 4.14. The Morgan fingerprint density at radius 2 is 1.88 bits per heavy atom. The quantitative estimate of drug-likeness (QED) is 0.538. The van der Waals surface area contributed by atoms with Crippen LogP contribution in [0.4, 0.5) is 0 Å². The van der Waals surface area contributed by atoms with Crippen molar-refractivity contribution >= 4 is 22.9 Å². The molecular weight excluding hydrogens is 406 g/mol. The van der Waals surface area contributed by atoms with Crippen molar-refractivity contribution in [3.63, 3.8) is 0 Å². The summed E-state index contributed by atoms with van der Waals surface area (Å²) in [7, 11) is 0. The first-order chi connectivity index (χ1) is 15.6. The van der Waals surface area contributed by atoms with E-state index < -0.39 is 0 Å². The molecule has 2 heterocycles. The number of hydrogen-bond acceptors (Lipinski definition) is 5. The molecule has 0 aliphatic carbocycles. The van der Waals surface area contributed by atoms with Crippen LogP contribution in [0.2, 0.25) is 0 Å². The lowest BCUT2D eigenvalue weighted by Gasteiger charge is -2.30. The number of unbranched alkanes of at least 4 members (excludes halogenated alkanes) is 1. The van der Waals surface area contributed by atoms with Crippen molar-refractivity contribution < 1.29 is 18.7 Å². The number of likely N-dealkylation sites (tertiary alicyclic amines) is 1. The van der Waals surface area contributed by atoms with E-state index >= 15 is 0 Å². The number of para-hydroxylation sites is 2. The lowest BCUT2D eigenvalue weighted by molar-refractivity contribution is -0.131. The van der Waals surface area contributed by atoms with Gasteiger partial charge in [-0.2, -0.15) is 0 Å². The van der Waals surface area contributed by atoms with Crippen molar-refractivity contribution in [1.29, 1.82) is 0 Å². The molecule has 1 aromatic heterocycles. The Morgan fingerprint density at radius 1 is 1.12 bits per heavy atom. The van der Waals surface area contributed by atoms with Gasteiger partial charge in [0.05, 0.1) is 13.2 Å². The van der Waals surface area contributed by atoms with Gasteiger partial charge in [-0.15, -0.1) is 0 Å². The maximum Gasteiger partial charge on any atom is 0.251 e. The molecule has 1 saturated heterocycles. The fourth-order valence-electron chi connectivity index (χ4n) is 3.85. The maximum absolute atomic E-state index is 12.6. The molecule has 0 bridgehead atoms. The van der Waals surface area contributed by atoms with Crippen LogP contribution < -0.4 is 10.1 Å². The van der Waals surface area contributed by atoms with E-state index in [1.165, 1.54) is 0 Å². The third kappa shape index (κ3) is 5.28. The fourth-order valence-corrected chi connectivity index (χ4v) is 3.85. The van der Waals surface area contributed by atoms with E-state index in [-0.39, 0.29) is 24.3 Å². The summed E-state index contributed by atoms with van der Waals surface area (Å²) >= 11 is 0. The lowest BCUT2D eigenvalue weighted by Crippen LogP contribution is -2.43. The van der Waals surface area contributed by atoms with Gasteiger partial charge in [-0.25, -0.2) is 4.98 Å². The molecule has 2 amide bonds. The van der Waals surface area contributed by atoms with E-state index in [9.17, 15) is 9.59 Å². The summed E-state index contributed by atoms with van der Waals surface area (Å²) in [6.45, 7) is 4.02. The third-order valence-corrected chi connectivity index (χ3v) is 5.79. The molecule has 2 aromatic carbocycles. The Morgan fingerprint density at radius 3 is 2.59 bits per heavy atom. The second-order valence-electron chi connectivity index (χ2n) is 8.08. The minimum absolute atomic E-state index is 0.0128. The summed E-state index contributed by atoms with van der Waals surface area (Å²) in [5.74, 6) is 1.36. The van der Waals surface area contributed by atoms with Crippen LogP contribution in [0.1, 0.15) is 54.8 Å². The van der Waals surface area contributed by atoms with Crippen molar-refractivity contribution in [2.24, 2.45) is 0 Å². The number of oxazole rings is 1. The van der Waals surface area contributed by atoms with Gasteiger partial charge >= 0.3 is 0 Å². The maximum atomic E-state index is 12.6. The molecule has 4 rings (SSSR count). The number of fused-ring (bicyclic) bond motifs is 1. The second kappa shape index (κ2) is 10.3. The number of carbonyl (C=O) groups excluding carboxylic acids is 2. The average molecular weight is 436 g/mol. The van der Waals surface area contributed by atoms with Gasteiger partial charge < -0.3 is 19.4 Å². The Kier molecular flexibility index (Phi) is 7.04. The second-order valence-corrected chi connectivity index (χ2v) is 8.08. The number of aromatic nitrogens is 1. The van der Waals surface area contributed by atoms with Gasteiger partial charge in [0.15, 0.2) is 11.5 Å². The van der Waals surface area contributed by atoms with Crippen LogP contribution in [0.3, 0.4) is 0 Å². The minimum atomic E-state index is -0.264. The standard InChI is InChI=1S/C25H29N3O4/c1-2-3-16-31-20-10-8-18(9-11-20)24(30)26-17-23(29)28-14-12-19(13-15-28)25-27-21-6-4-5-7-22(21)32-25/h4-11,19H,2-3,12-17H2,1H3,(H,26,30). The molecule has 7 heteroatoms. The van der Waals surface area contributed by atoms with Gasteiger partial charge in [0.2, 0.25) is 5.91 Å². The van der Waals surface area contributed by atoms with E-state index in [1.54, 1.807) is 29.2 Å². The van der Waals surface area contributed by atoms with Crippen molar-refractivity contribution in [2.75, 3.05) is 26.2 Å². The summed E-state index contributed by atoms with van der Waals surface area (Å²) in [5.41, 5.74) is 2.17. The highest BCUT2D eigenvalue weighted by Crippen LogP contribution is 2.29. The molecule has 32 heavy (non-hydrogen) atoms. The first kappa shape index (κ1) is 21.9. The number of rotatable bonds is 8. The monoisotopic (exact) mass is 435 g/mol. The summed E-state index contributed by atoms with van der Waals surface area (Å²) in [4.78, 5) is 31.3. The zero-order valence-corrected chi connectivity index (χ0v) is 18.4. The van der Waals surface area contributed by atoms with E-state index in [2.05, 4.69) is 17.2 Å². The van der Waals surface area contributed by atoms with Crippen LogP contribution in [0.25, 0.3) is 11.1 Å². The van der Waals surface area contributed by atoms with E-state index in [0.717, 1.165) is 48.4 Å². The van der Waals surface area contributed by atoms with E-state index in [1.807, 2.05) is 24.3 Å². The number of benzene rings is 2. The first-order valence-corrected chi connectivity index (χ1v) is 11.3. The largest absolute Gasteiger partial charge is 0.494 e. The van der Waals surface area contributed by atoms with Crippen LogP contribution in [-0.2, 0) is 4.79 Å². The molecule has 7 nitrogen and oxygen atoms in total. The van der Waals surface area contributed by atoms with Gasteiger partial charge in [0, 0.05) is 24.6 Å². The van der Waals surface area contributed by atoms with Gasteiger partial charge in [-0.05, 0) is 55.7 Å². The minimum Gasteiger partial charge on any atom is -0.494 e. The van der Waals surface area contributed by atoms with Gasteiger partial charge in [-0.1, -0.05) is 25.5 Å². The predicted molar refractivity (Wildman–Crippen MR) is 122 cm³/mol. The SMILES string of the molecule is CCCCOc1ccc(C(=O)NCC(=O)N2CCC(c3nc4ccccc4o3)CC2)cc1. The van der Waals surface area contributed by atoms with Crippen LogP contribution in [0.15, 0.2) is 52.9 Å². The number of nitrogens with one attached hydrogen (secondary N) is 1. The summed E-state index contributed by atoms with van der Waals surface area (Å²) in [6.07, 6.45) is 3.66. The highest BCUT2D eigenvalue weighted by Gasteiger charge is 2.27. The molecule has 3 aromatic rings. The summed E-state index contributed by atoms with van der Waals surface area (Å²) < 4.78 is 11.5.